The number of amides is 2. The summed E-state index contributed by atoms with van der Waals surface area (Å²) in [6, 6.07) is 7.93. The van der Waals surface area contributed by atoms with Crippen LogP contribution in [0.2, 0.25) is 0 Å². The van der Waals surface area contributed by atoms with Crippen LogP contribution in [-0.2, 0) is 39.8 Å². The fraction of sp³-hybridized carbons (Fsp3) is 0.630. The normalized spacial score (nSPS) is 25.9. The molecule has 2 aliphatic rings. The van der Waals surface area contributed by atoms with E-state index in [-0.39, 0.29) is 32.8 Å². The van der Waals surface area contributed by atoms with Gasteiger partial charge in [-0.2, -0.15) is 0 Å². The van der Waals surface area contributed by atoms with E-state index in [9.17, 15) is 14.7 Å². The molecule has 12 nitrogen and oxygen atoms in total. The zero-order chi connectivity index (χ0) is 30.8. The Kier molecular flexibility index (Phi) is 13.4. The number of ether oxygens (including phenoxy) is 7. The van der Waals surface area contributed by atoms with Gasteiger partial charge in [-0.3, -0.25) is 0 Å². The first kappa shape index (κ1) is 34.6. The second kappa shape index (κ2) is 16.3. The molecule has 6 atom stereocenters. The third kappa shape index (κ3) is 11.7. The number of nitrogens with one attached hydrogen (secondary N) is 2. The Bertz CT molecular complexity index is 1010. The molecule has 0 spiro atoms. The van der Waals surface area contributed by atoms with Gasteiger partial charge in [0.25, 0.3) is 0 Å². The average Bonchev–Trinajstić information content (AvgIpc) is 2.93. The van der Waals surface area contributed by atoms with Crippen LogP contribution in [0.25, 0.3) is 0 Å². The Balaban J connectivity index is 1.63. The van der Waals surface area contributed by atoms with Gasteiger partial charge in [0.05, 0.1) is 32.5 Å². The van der Waals surface area contributed by atoms with Crippen molar-refractivity contribution >= 4 is 47.0 Å². The Morgan fingerprint density at radius 2 is 1.95 bits per heavy atom. The highest BCUT2D eigenvalue weighted by Gasteiger charge is 2.52. The molecule has 0 aliphatic carbocycles. The molecule has 2 heterocycles. The second-order valence-corrected chi connectivity index (χ2v) is 12.6. The third-order valence-electron chi connectivity index (χ3n) is 6.17. The third-order valence-corrected chi connectivity index (χ3v) is 6.50. The Labute approximate surface area is 259 Å². The van der Waals surface area contributed by atoms with Crippen LogP contribution in [-0.4, -0.2) is 96.6 Å². The summed E-state index contributed by atoms with van der Waals surface area (Å²) in [5.74, 6) is -0.988. The molecule has 0 unspecified atom stereocenters. The number of aliphatic hydroxyl groups is 1. The summed E-state index contributed by atoms with van der Waals surface area (Å²) >= 11 is 17.0. The van der Waals surface area contributed by atoms with Crippen LogP contribution < -0.4 is 10.6 Å². The summed E-state index contributed by atoms with van der Waals surface area (Å²) in [4.78, 5) is 24.7. The van der Waals surface area contributed by atoms with Gasteiger partial charge in [-0.15, -0.1) is 0 Å². The fourth-order valence-electron chi connectivity index (χ4n) is 4.23. The molecule has 2 amide bonds. The van der Waals surface area contributed by atoms with E-state index in [1.54, 1.807) is 13.8 Å². The van der Waals surface area contributed by atoms with Crippen molar-refractivity contribution in [1.29, 1.82) is 0 Å². The van der Waals surface area contributed by atoms with Crippen LogP contribution in [0.15, 0.2) is 43.0 Å². The second-order valence-electron chi connectivity index (χ2n) is 10.1. The van der Waals surface area contributed by atoms with Gasteiger partial charge in [-0.1, -0.05) is 77.8 Å². The minimum Gasteiger partial charge on any atom is -0.445 e. The number of rotatable bonds is 13. The molecule has 236 valence electrons. The maximum atomic E-state index is 12.5. The molecule has 42 heavy (non-hydrogen) atoms. The molecule has 3 rings (SSSR count). The monoisotopic (exact) mass is 654 g/mol. The van der Waals surface area contributed by atoms with Crippen LogP contribution in [0.5, 0.6) is 0 Å². The van der Waals surface area contributed by atoms with Crippen LogP contribution in [0.1, 0.15) is 25.8 Å². The van der Waals surface area contributed by atoms with Crippen molar-refractivity contribution < 1.29 is 47.9 Å². The molecule has 1 aromatic rings. The summed E-state index contributed by atoms with van der Waals surface area (Å²) in [6.45, 7) is 7.08. The van der Waals surface area contributed by atoms with Gasteiger partial charge in [-0.25, -0.2) is 9.59 Å². The highest BCUT2D eigenvalue weighted by Crippen LogP contribution is 2.33. The van der Waals surface area contributed by atoms with Crippen molar-refractivity contribution in [2.24, 2.45) is 0 Å². The molecule has 0 aromatic heterocycles. The minimum absolute atomic E-state index is 0.0322. The zero-order valence-electron chi connectivity index (χ0n) is 23.3. The van der Waals surface area contributed by atoms with Crippen molar-refractivity contribution in [2.75, 3.05) is 33.0 Å². The summed E-state index contributed by atoms with van der Waals surface area (Å²) in [6.07, 6.45) is -3.84. The van der Waals surface area contributed by atoms with Crippen molar-refractivity contribution in [1.82, 2.24) is 10.6 Å². The first-order chi connectivity index (χ1) is 19.9. The highest BCUT2D eigenvalue weighted by atomic mass is 35.6. The number of hydrogen-bond donors (Lipinski definition) is 3. The quantitative estimate of drug-likeness (QED) is 0.213. The Morgan fingerprint density at radius 1 is 1.21 bits per heavy atom. The SMILES string of the molecule is C=CCOC(=O)N[C@@H](CCO[C@@H]1O[C@@H]2COC(C)(C)O[C@H]2[C@H](O)[C@H]1NC(=O)OCC(Cl)(Cl)Cl)COCc1ccccc1. The van der Waals surface area contributed by atoms with Gasteiger partial charge in [-0.05, 0) is 25.8 Å². The van der Waals surface area contributed by atoms with Crippen molar-refractivity contribution in [3.05, 3.63) is 48.6 Å². The summed E-state index contributed by atoms with van der Waals surface area (Å²) in [5, 5.41) is 16.4. The van der Waals surface area contributed by atoms with Gasteiger partial charge in [0.15, 0.2) is 12.1 Å². The fourth-order valence-corrected chi connectivity index (χ4v) is 4.39. The number of fused-ring (bicyclic) bond motifs is 1. The highest BCUT2D eigenvalue weighted by molar-refractivity contribution is 6.67. The predicted octanol–water partition coefficient (Wildman–Crippen LogP) is 3.59. The van der Waals surface area contributed by atoms with Crippen LogP contribution in [0.3, 0.4) is 0 Å². The number of alkyl halides is 3. The smallest absolute Gasteiger partial charge is 0.407 e. The van der Waals surface area contributed by atoms with E-state index in [4.69, 9.17) is 68.0 Å². The van der Waals surface area contributed by atoms with E-state index in [1.807, 2.05) is 30.3 Å². The number of halogens is 3. The first-order valence-electron chi connectivity index (χ1n) is 13.3. The number of carbonyl (C=O) groups is 2. The molecule has 1 aromatic carbocycles. The Hall–Kier alpha value is -1.87. The molecule has 0 bridgehead atoms. The molecule has 15 heteroatoms. The van der Waals surface area contributed by atoms with E-state index in [2.05, 4.69) is 17.2 Å². The number of alkyl carbamates (subject to hydrolysis) is 2. The molecule has 0 saturated carbocycles. The molecule has 2 fully saturated rings. The van der Waals surface area contributed by atoms with E-state index in [0.717, 1.165) is 5.56 Å². The van der Waals surface area contributed by atoms with Crippen molar-refractivity contribution in [3.63, 3.8) is 0 Å². The van der Waals surface area contributed by atoms with Crippen LogP contribution >= 0.6 is 34.8 Å². The lowest BCUT2D eigenvalue weighted by atomic mass is 9.95. The lowest BCUT2D eigenvalue weighted by Gasteiger charge is -2.49. The van der Waals surface area contributed by atoms with E-state index in [0.29, 0.717) is 6.61 Å². The lowest BCUT2D eigenvalue weighted by molar-refractivity contribution is -0.368. The van der Waals surface area contributed by atoms with E-state index >= 15 is 0 Å². The van der Waals surface area contributed by atoms with Crippen molar-refractivity contribution in [3.8, 4) is 0 Å². The van der Waals surface area contributed by atoms with Gasteiger partial charge >= 0.3 is 12.2 Å². The number of aliphatic hydroxyl groups excluding tert-OH is 1. The Morgan fingerprint density at radius 3 is 2.64 bits per heavy atom. The average molecular weight is 656 g/mol. The molecular formula is C27H37Cl3N2O10. The van der Waals surface area contributed by atoms with Crippen LogP contribution in [0, 0.1) is 0 Å². The van der Waals surface area contributed by atoms with Gasteiger partial charge in [0.1, 0.15) is 37.6 Å². The summed E-state index contributed by atoms with van der Waals surface area (Å²) in [7, 11) is 0. The van der Waals surface area contributed by atoms with Gasteiger partial charge in [0, 0.05) is 0 Å². The van der Waals surface area contributed by atoms with E-state index < -0.39 is 65.1 Å². The zero-order valence-corrected chi connectivity index (χ0v) is 25.6. The first-order valence-corrected chi connectivity index (χ1v) is 14.4. The van der Waals surface area contributed by atoms with E-state index in [1.165, 1.54) is 6.08 Å². The molecule has 3 N–H and O–H groups in total. The standard InChI is InChI=1S/C27H37Cl3N2O10/c1-4-11-38-24(34)31-18(14-36-13-17-8-6-5-7-9-17)10-12-37-23-20(32-25(35)39-16-27(28,29)30)21(33)22-19(41-23)15-40-26(2,3)42-22/h4-9,18-23,33H,1,10-16H2,2-3H3,(H,31,34)(H,32,35)/t18-,19+,20+,21+,22+,23+/m0/s1. The van der Waals surface area contributed by atoms with Gasteiger partial charge < -0.3 is 48.9 Å². The maximum absolute atomic E-state index is 12.5. The largest absolute Gasteiger partial charge is 0.445 e. The van der Waals surface area contributed by atoms with Crippen LogP contribution in [0.4, 0.5) is 9.59 Å². The lowest BCUT2D eigenvalue weighted by Crippen LogP contribution is -2.68. The van der Waals surface area contributed by atoms with Gasteiger partial charge in [0.2, 0.25) is 3.79 Å². The molecule has 2 aliphatic heterocycles. The summed E-state index contributed by atoms with van der Waals surface area (Å²) < 4.78 is 37.5. The topological polar surface area (TPSA) is 143 Å². The molecule has 2 saturated heterocycles. The number of hydrogen-bond acceptors (Lipinski definition) is 10. The number of benzene rings is 1. The predicted molar refractivity (Wildman–Crippen MR) is 153 cm³/mol. The molecular weight excluding hydrogens is 619 g/mol. The van der Waals surface area contributed by atoms with Crippen molar-refractivity contribution in [2.45, 2.75) is 73.1 Å². The maximum Gasteiger partial charge on any atom is 0.407 e. The summed E-state index contributed by atoms with van der Waals surface area (Å²) in [5.41, 5.74) is 0.969. The minimum atomic E-state index is -1.83. The molecule has 0 radical (unpaired) electrons. The number of carbonyl (C=O) groups excluding carboxylic acids is 2.